The average molecular weight is 446 g/mol. The molecule has 0 unspecified atom stereocenters. The number of aromatic nitrogens is 1. The van der Waals surface area contributed by atoms with E-state index in [2.05, 4.69) is 15.6 Å². The van der Waals surface area contributed by atoms with Crippen LogP contribution < -0.4 is 21.0 Å². The lowest BCUT2D eigenvalue weighted by Crippen LogP contribution is -2.45. The molecule has 0 aliphatic carbocycles. The van der Waals surface area contributed by atoms with Gasteiger partial charge in [0.2, 0.25) is 11.8 Å². The summed E-state index contributed by atoms with van der Waals surface area (Å²) >= 11 is 1.44. The lowest BCUT2D eigenvalue weighted by atomic mass is 10.1. The first kappa shape index (κ1) is 24.2. The molecule has 3 amide bonds. The second kappa shape index (κ2) is 12.6. The van der Waals surface area contributed by atoms with E-state index in [-0.39, 0.29) is 18.2 Å². The number of pyridine rings is 1. The van der Waals surface area contributed by atoms with Crippen molar-refractivity contribution in [3.63, 3.8) is 0 Å². The SMILES string of the molecule is CN(C)c1ccc(C(=O)N[C@@H](CSCCCC(=O)NO)C(=O)Nc2ccncc2)cc1. The van der Waals surface area contributed by atoms with Gasteiger partial charge in [0.1, 0.15) is 6.04 Å². The van der Waals surface area contributed by atoms with Crippen LogP contribution in [0, 0.1) is 0 Å². The molecule has 10 heteroatoms. The Kier molecular flexibility index (Phi) is 9.79. The average Bonchev–Trinajstić information content (AvgIpc) is 2.78. The van der Waals surface area contributed by atoms with Gasteiger partial charge in [0, 0.05) is 55.6 Å². The summed E-state index contributed by atoms with van der Waals surface area (Å²) in [5.74, 6) is -0.216. The van der Waals surface area contributed by atoms with Crippen LogP contribution in [-0.4, -0.2) is 59.6 Å². The third-order valence-electron chi connectivity index (χ3n) is 4.32. The van der Waals surface area contributed by atoms with Crippen molar-refractivity contribution in [2.75, 3.05) is 35.8 Å². The lowest BCUT2D eigenvalue weighted by molar-refractivity contribution is -0.129. The highest BCUT2D eigenvalue weighted by Crippen LogP contribution is 2.14. The van der Waals surface area contributed by atoms with Crippen LogP contribution in [0.2, 0.25) is 0 Å². The van der Waals surface area contributed by atoms with Crippen LogP contribution in [0.3, 0.4) is 0 Å². The van der Waals surface area contributed by atoms with E-state index >= 15 is 0 Å². The van der Waals surface area contributed by atoms with Gasteiger partial charge in [0.25, 0.3) is 5.91 Å². The van der Waals surface area contributed by atoms with E-state index in [1.165, 1.54) is 11.8 Å². The van der Waals surface area contributed by atoms with Crippen molar-refractivity contribution in [1.29, 1.82) is 0 Å². The zero-order valence-corrected chi connectivity index (χ0v) is 18.3. The molecule has 1 heterocycles. The number of hydrogen-bond donors (Lipinski definition) is 4. The maximum absolute atomic E-state index is 12.8. The Labute approximate surface area is 185 Å². The number of thioether (sulfide) groups is 1. The van der Waals surface area contributed by atoms with E-state index in [1.807, 2.05) is 31.1 Å². The zero-order valence-electron chi connectivity index (χ0n) is 17.5. The number of anilines is 2. The molecule has 2 aromatic rings. The molecule has 2 rings (SSSR count). The van der Waals surface area contributed by atoms with Crippen LogP contribution in [0.25, 0.3) is 0 Å². The molecule has 4 N–H and O–H groups in total. The normalized spacial score (nSPS) is 11.3. The molecule has 0 saturated heterocycles. The van der Waals surface area contributed by atoms with Gasteiger partial charge in [0.15, 0.2) is 0 Å². The summed E-state index contributed by atoms with van der Waals surface area (Å²) < 4.78 is 0. The Morgan fingerprint density at radius 3 is 2.39 bits per heavy atom. The Morgan fingerprint density at radius 2 is 1.77 bits per heavy atom. The Hall–Kier alpha value is -3.11. The van der Waals surface area contributed by atoms with Gasteiger partial charge < -0.3 is 15.5 Å². The maximum atomic E-state index is 12.8. The predicted octanol–water partition coefficient (Wildman–Crippen LogP) is 1.90. The van der Waals surface area contributed by atoms with Crippen LogP contribution in [0.1, 0.15) is 23.2 Å². The number of carbonyl (C=O) groups excluding carboxylic acids is 3. The molecule has 0 bridgehead atoms. The molecule has 0 fully saturated rings. The van der Waals surface area contributed by atoms with Crippen molar-refractivity contribution < 1.29 is 19.6 Å². The largest absolute Gasteiger partial charge is 0.378 e. The summed E-state index contributed by atoms with van der Waals surface area (Å²) in [5, 5.41) is 14.1. The molecule has 0 saturated carbocycles. The fraction of sp³-hybridized carbons (Fsp3) is 0.333. The molecule has 1 atom stereocenters. The van der Waals surface area contributed by atoms with Crippen molar-refractivity contribution in [2.24, 2.45) is 0 Å². The molecular formula is C21H27N5O4S. The number of nitrogens with one attached hydrogen (secondary N) is 3. The smallest absolute Gasteiger partial charge is 0.251 e. The highest BCUT2D eigenvalue weighted by Gasteiger charge is 2.22. The van der Waals surface area contributed by atoms with Crippen molar-refractivity contribution in [1.82, 2.24) is 15.8 Å². The predicted molar refractivity (Wildman–Crippen MR) is 121 cm³/mol. The number of rotatable bonds is 11. The first-order valence-corrected chi connectivity index (χ1v) is 10.9. The minimum Gasteiger partial charge on any atom is -0.378 e. The Morgan fingerprint density at radius 1 is 1.10 bits per heavy atom. The van der Waals surface area contributed by atoms with E-state index in [0.29, 0.717) is 29.2 Å². The second-order valence-electron chi connectivity index (χ2n) is 6.91. The first-order valence-electron chi connectivity index (χ1n) is 9.70. The first-order chi connectivity index (χ1) is 14.9. The molecule has 0 aliphatic heterocycles. The topological polar surface area (TPSA) is 124 Å². The standard InChI is InChI=1S/C21H27N5O4S/c1-26(2)17-7-5-15(6-8-17)20(28)24-18(14-31-13-3-4-19(27)25-30)21(29)23-16-9-11-22-12-10-16/h5-12,18,30H,3-4,13-14H2,1-2H3,(H,24,28)(H,25,27)(H,22,23,29)/t18-/m0/s1. The van der Waals surface area contributed by atoms with Crippen molar-refractivity contribution in [3.8, 4) is 0 Å². The van der Waals surface area contributed by atoms with Gasteiger partial charge in [-0.25, -0.2) is 5.48 Å². The number of hydroxylamine groups is 1. The van der Waals surface area contributed by atoms with E-state index in [9.17, 15) is 14.4 Å². The van der Waals surface area contributed by atoms with E-state index in [0.717, 1.165) is 5.69 Å². The van der Waals surface area contributed by atoms with Crippen molar-refractivity contribution >= 4 is 40.9 Å². The van der Waals surface area contributed by atoms with Gasteiger partial charge in [0.05, 0.1) is 0 Å². The molecule has 166 valence electrons. The van der Waals surface area contributed by atoms with E-state index < -0.39 is 11.9 Å². The van der Waals surface area contributed by atoms with Crippen LogP contribution >= 0.6 is 11.8 Å². The van der Waals surface area contributed by atoms with Gasteiger partial charge in [-0.1, -0.05) is 0 Å². The minimum atomic E-state index is -0.772. The van der Waals surface area contributed by atoms with Gasteiger partial charge in [-0.05, 0) is 48.6 Å². The summed E-state index contributed by atoms with van der Waals surface area (Å²) in [6.45, 7) is 0. The summed E-state index contributed by atoms with van der Waals surface area (Å²) in [4.78, 5) is 42.4. The molecule has 31 heavy (non-hydrogen) atoms. The van der Waals surface area contributed by atoms with Crippen LogP contribution in [0.15, 0.2) is 48.8 Å². The Bertz CT molecular complexity index is 862. The van der Waals surface area contributed by atoms with E-state index in [4.69, 9.17) is 5.21 Å². The van der Waals surface area contributed by atoms with Gasteiger partial charge in [-0.15, -0.1) is 0 Å². The molecule has 9 nitrogen and oxygen atoms in total. The molecule has 1 aromatic heterocycles. The molecule has 0 aliphatic rings. The maximum Gasteiger partial charge on any atom is 0.251 e. The number of amides is 3. The molecule has 1 aromatic carbocycles. The second-order valence-corrected chi connectivity index (χ2v) is 8.06. The Balaban J connectivity index is 2.00. The molecular weight excluding hydrogens is 418 g/mol. The van der Waals surface area contributed by atoms with Gasteiger partial charge in [-0.3, -0.25) is 24.6 Å². The van der Waals surface area contributed by atoms with Gasteiger partial charge in [-0.2, -0.15) is 11.8 Å². The van der Waals surface area contributed by atoms with Crippen molar-refractivity contribution in [3.05, 3.63) is 54.4 Å². The fourth-order valence-corrected chi connectivity index (χ4v) is 3.58. The third-order valence-corrected chi connectivity index (χ3v) is 5.46. The van der Waals surface area contributed by atoms with Crippen molar-refractivity contribution in [2.45, 2.75) is 18.9 Å². The summed E-state index contributed by atoms with van der Waals surface area (Å²) in [7, 11) is 3.83. The third kappa shape index (κ3) is 8.27. The molecule has 0 spiro atoms. The van der Waals surface area contributed by atoms with Gasteiger partial charge >= 0.3 is 0 Å². The van der Waals surface area contributed by atoms with Crippen LogP contribution in [-0.2, 0) is 9.59 Å². The van der Waals surface area contributed by atoms with Crippen LogP contribution in [0.5, 0.6) is 0 Å². The summed E-state index contributed by atoms with van der Waals surface area (Å²) in [5.41, 5.74) is 3.59. The zero-order chi connectivity index (χ0) is 22.6. The summed E-state index contributed by atoms with van der Waals surface area (Å²) in [6.07, 6.45) is 3.85. The van der Waals surface area contributed by atoms with E-state index in [1.54, 1.807) is 42.1 Å². The fourth-order valence-electron chi connectivity index (χ4n) is 2.59. The summed E-state index contributed by atoms with van der Waals surface area (Å²) in [6, 6.07) is 9.65. The monoisotopic (exact) mass is 445 g/mol. The quantitative estimate of drug-likeness (QED) is 0.237. The number of nitrogens with zero attached hydrogens (tertiary/aromatic N) is 2. The number of carbonyl (C=O) groups is 3. The number of benzene rings is 1. The molecule has 0 radical (unpaired) electrons. The highest BCUT2D eigenvalue weighted by molar-refractivity contribution is 7.99. The minimum absolute atomic E-state index is 0.183. The van der Waals surface area contributed by atoms with Crippen LogP contribution in [0.4, 0.5) is 11.4 Å². The number of hydrogen-bond acceptors (Lipinski definition) is 7. The highest BCUT2D eigenvalue weighted by atomic mass is 32.2. The lowest BCUT2D eigenvalue weighted by Gasteiger charge is -2.19.